The first-order valence-electron chi connectivity index (χ1n) is 5.79. The van der Waals surface area contributed by atoms with Crippen molar-refractivity contribution in [3.05, 3.63) is 57.0 Å². The Morgan fingerprint density at radius 3 is 2.05 bits per heavy atom. The molecule has 0 atom stereocenters. The summed E-state index contributed by atoms with van der Waals surface area (Å²) in [5.41, 5.74) is 0. The van der Waals surface area contributed by atoms with Crippen LogP contribution in [-0.4, -0.2) is 5.97 Å². The summed E-state index contributed by atoms with van der Waals surface area (Å²) in [5, 5.41) is 0. The highest BCUT2D eigenvalue weighted by Crippen LogP contribution is 2.29. The molecule has 0 amide bonds. The zero-order valence-electron chi connectivity index (χ0n) is 10.9. The summed E-state index contributed by atoms with van der Waals surface area (Å²) in [5.74, 6) is -14.0. The fraction of sp³-hybridized carbons (Fsp3) is 0.0714. The zero-order valence-corrected chi connectivity index (χ0v) is 11.7. The molecule has 0 aliphatic rings. The standard InChI is InChI=1S/C14H7F5O2S/c1-6-2-3-7(22-6)4-5-8(20)21-14-12(18)10(16)9(15)11(17)13(14)19/h2-5H,1H3. The monoisotopic (exact) mass is 334 g/mol. The molecule has 1 aromatic heterocycles. The first-order chi connectivity index (χ1) is 10.3. The molecule has 0 N–H and O–H groups in total. The second-order valence-electron chi connectivity index (χ2n) is 4.10. The fourth-order valence-electron chi connectivity index (χ4n) is 1.50. The molecule has 1 aromatic carbocycles. The molecule has 1 heterocycles. The maximum absolute atomic E-state index is 13.3. The first kappa shape index (κ1) is 16.2. The van der Waals surface area contributed by atoms with Crippen molar-refractivity contribution in [1.29, 1.82) is 0 Å². The smallest absolute Gasteiger partial charge is 0.336 e. The van der Waals surface area contributed by atoms with Crippen LogP contribution in [0.5, 0.6) is 5.75 Å². The van der Waals surface area contributed by atoms with Gasteiger partial charge in [0.2, 0.25) is 34.8 Å². The highest BCUT2D eigenvalue weighted by atomic mass is 32.1. The van der Waals surface area contributed by atoms with Crippen molar-refractivity contribution in [2.24, 2.45) is 0 Å². The van der Waals surface area contributed by atoms with Crippen LogP contribution in [0.1, 0.15) is 9.75 Å². The second-order valence-corrected chi connectivity index (χ2v) is 5.42. The fourth-order valence-corrected chi connectivity index (χ4v) is 2.28. The SMILES string of the molecule is Cc1ccc(C=CC(=O)Oc2c(F)c(F)c(F)c(F)c2F)s1. The summed E-state index contributed by atoms with van der Waals surface area (Å²) in [6, 6.07) is 3.46. The van der Waals surface area contributed by atoms with Gasteiger partial charge in [-0.25, -0.2) is 18.0 Å². The van der Waals surface area contributed by atoms with E-state index >= 15 is 0 Å². The summed E-state index contributed by atoms with van der Waals surface area (Å²) < 4.78 is 69.5. The lowest BCUT2D eigenvalue weighted by Gasteiger charge is -2.07. The molecule has 0 aliphatic heterocycles. The number of hydrogen-bond acceptors (Lipinski definition) is 3. The van der Waals surface area contributed by atoms with Gasteiger partial charge < -0.3 is 4.74 Å². The van der Waals surface area contributed by atoms with Gasteiger partial charge >= 0.3 is 5.97 Å². The van der Waals surface area contributed by atoms with Crippen molar-refractivity contribution < 1.29 is 31.5 Å². The van der Waals surface area contributed by atoms with E-state index in [9.17, 15) is 26.7 Å². The number of thiophene rings is 1. The van der Waals surface area contributed by atoms with Crippen molar-refractivity contribution in [2.75, 3.05) is 0 Å². The number of carbonyl (C=O) groups excluding carboxylic acids is 1. The van der Waals surface area contributed by atoms with Crippen LogP contribution in [-0.2, 0) is 4.79 Å². The number of ether oxygens (including phenoxy) is 1. The number of carbonyl (C=O) groups is 1. The van der Waals surface area contributed by atoms with E-state index in [-0.39, 0.29) is 0 Å². The average molecular weight is 334 g/mol. The predicted molar refractivity (Wildman–Crippen MR) is 70.0 cm³/mol. The minimum absolute atomic E-state index is 0.659. The van der Waals surface area contributed by atoms with Gasteiger partial charge in [0.05, 0.1) is 0 Å². The Balaban J connectivity index is 2.24. The van der Waals surface area contributed by atoms with Gasteiger partial charge in [0.15, 0.2) is 0 Å². The lowest BCUT2D eigenvalue weighted by atomic mass is 10.2. The third-order valence-electron chi connectivity index (χ3n) is 2.52. The van der Waals surface area contributed by atoms with Gasteiger partial charge in [-0.1, -0.05) is 0 Å². The average Bonchev–Trinajstić information content (AvgIpc) is 2.91. The van der Waals surface area contributed by atoms with Gasteiger partial charge in [0, 0.05) is 15.8 Å². The Hall–Kier alpha value is -2.22. The van der Waals surface area contributed by atoms with Gasteiger partial charge in [0.25, 0.3) is 0 Å². The van der Waals surface area contributed by atoms with Crippen molar-refractivity contribution >= 4 is 23.4 Å². The molecular weight excluding hydrogens is 327 g/mol. The van der Waals surface area contributed by atoms with Crippen LogP contribution in [0.2, 0.25) is 0 Å². The lowest BCUT2D eigenvalue weighted by Crippen LogP contribution is -2.11. The van der Waals surface area contributed by atoms with Gasteiger partial charge in [0.1, 0.15) is 0 Å². The number of benzene rings is 1. The Morgan fingerprint density at radius 1 is 1.00 bits per heavy atom. The van der Waals surface area contributed by atoms with Crippen LogP contribution in [0, 0.1) is 36.0 Å². The maximum atomic E-state index is 13.3. The van der Waals surface area contributed by atoms with Crippen molar-refractivity contribution in [3.63, 3.8) is 0 Å². The normalized spacial score (nSPS) is 11.2. The van der Waals surface area contributed by atoms with Gasteiger partial charge in [-0.2, -0.15) is 8.78 Å². The van der Waals surface area contributed by atoms with E-state index in [1.165, 1.54) is 17.4 Å². The van der Waals surface area contributed by atoms with E-state index in [4.69, 9.17) is 0 Å². The number of hydrogen-bond donors (Lipinski definition) is 0. The molecule has 0 aliphatic carbocycles. The van der Waals surface area contributed by atoms with Crippen LogP contribution in [0.4, 0.5) is 22.0 Å². The number of rotatable bonds is 3. The molecule has 0 saturated heterocycles. The van der Waals surface area contributed by atoms with E-state index in [1.807, 2.05) is 6.92 Å². The molecule has 0 spiro atoms. The number of halogens is 5. The van der Waals surface area contributed by atoms with Crippen LogP contribution in [0.15, 0.2) is 18.2 Å². The predicted octanol–water partition coefficient (Wildman–Crippen LogP) is 4.37. The van der Waals surface area contributed by atoms with Crippen molar-refractivity contribution in [1.82, 2.24) is 0 Å². The Bertz CT molecular complexity index is 738. The van der Waals surface area contributed by atoms with Crippen LogP contribution < -0.4 is 4.74 Å². The van der Waals surface area contributed by atoms with Gasteiger partial charge in [-0.3, -0.25) is 0 Å². The van der Waals surface area contributed by atoms with Crippen LogP contribution in [0.25, 0.3) is 6.08 Å². The summed E-state index contributed by atoms with van der Waals surface area (Å²) in [6.45, 7) is 1.83. The van der Waals surface area contributed by atoms with Crippen LogP contribution in [0.3, 0.4) is 0 Å². The quantitative estimate of drug-likeness (QED) is 0.208. The molecule has 2 nitrogen and oxygen atoms in total. The van der Waals surface area contributed by atoms with E-state index in [0.717, 1.165) is 11.0 Å². The summed E-state index contributed by atoms with van der Waals surface area (Å²) >= 11 is 1.34. The second kappa shape index (κ2) is 6.27. The van der Waals surface area contributed by atoms with Gasteiger partial charge in [-0.15, -0.1) is 11.3 Å². The minimum atomic E-state index is -2.32. The molecule has 22 heavy (non-hydrogen) atoms. The van der Waals surface area contributed by atoms with E-state index in [0.29, 0.717) is 4.88 Å². The summed E-state index contributed by atoms with van der Waals surface area (Å²) in [4.78, 5) is 13.1. The van der Waals surface area contributed by atoms with Crippen molar-refractivity contribution in [2.45, 2.75) is 6.92 Å². The molecule has 0 radical (unpaired) electrons. The largest absolute Gasteiger partial charge is 0.417 e. The molecular formula is C14H7F5O2S. The molecule has 0 bridgehead atoms. The molecule has 0 fully saturated rings. The molecule has 8 heteroatoms. The molecule has 2 aromatic rings. The Labute approximate surface area is 125 Å². The molecule has 2 rings (SSSR count). The summed E-state index contributed by atoms with van der Waals surface area (Å²) in [6.07, 6.45) is 2.12. The summed E-state index contributed by atoms with van der Waals surface area (Å²) in [7, 11) is 0. The highest BCUT2D eigenvalue weighted by molar-refractivity contribution is 7.12. The topological polar surface area (TPSA) is 26.3 Å². The third-order valence-corrected chi connectivity index (χ3v) is 3.48. The number of esters is 1. The van der Waals surface area contributed by atoms with E-state index < -0.39 is 40.8 Å². The third kappa shape index (κ3) is 3.16. The van der Waals surface area contributed by atoms with Gasteiger partial charge in [-0.05, 0) is 25.1 Å². The van der Waals surface area contributed by atoms with E-state index in [2.05, 4.69) is 4.74 Å². The maximum Gasteiger partial charge on any atom is 0.336 e. The van der Waals surface area contributed by atoms with Crippen molar-refractivity contribution in [3.8, 4) is 5.75 Å². The number of aryl methyl sites for hydroxylation is 1. The Morgan fingerprint density at radius 2 is 1.55 bits per heavy atom. The molecule has 0 saturated carbocycles. The first-order valence-corrected chi connectivity index (χ1v) is 6.60. The highest BCUT2D eigenvalue weighted by Gasteiger charge is 2.28. The van der Waals surface area contributed by atoms with Crippen LogP contribution >= 0.6 is 11.3 Å². The lowest BCUT2D eigenvalue weighted by molar-refractivity contribution is -0.129. The molecule has 116 valence electrons. The van der Waals surface area contributed by atoms with E-state index in [1.54, 1.807) is 12.1 Å². The minimum Gasteiger partial charge on any atom is -0.417 e. The molecule has 0 unspecified atom stereocenters. The Kier molecular flexibility index (Phi) is 4.60. The zero-order chi connectivity index (χ0) is 16.4.